The van der Waals surface area contributed by atoms with Crippen molar-refractivity contribution in [3.05, 3.63) is 24.0 Å². The van der Waals surface area contributed by atoms with E-state index < -0.39 is 26.5 Å². The van der Waals surface area contributed by atoms with Crippen LogP contribution >= 0.6 is 0 Å². The summed E-state index contributed by atoms with van der Waals surface area (Å²) in [6, 6.07) is 1.04. The number of primary sulfonamides is 1. The lowest BCUT2D eigenvalue weighted by Crippen LogP contribution is -2.16. The molecule has 0 bridgehead atoms. The summed E-state index contributed by atoms with van der Waals surface area (Å²) >= 11 is 0. The number of pyridine rings is 1. The van der Waals surface area contributed by atoms with Gasteiger partial charge in [0.05, 0.1) is 10.5 Å². The number of sulfonamides is 1. The van der Waals surface area contributed by atoms with Crippen LogP contribution in [0.2, 0.25) is 0 Å². The zero-order valence-electron chi connectivity index (χ0n) is 6.34. The molecule has 70 valence electrons. The van der Waals surface area contributed by atoms with E-state index in [9.17, 15) is 13.2 Å². The maximum atomic E-state index is 10.8. The molecule has 1 heterocycles. The van der Waals surface area contributed by atoms with Gasteiger partial charge in [0.25, 0.3) is 0 Å². The van der Waals surface area contributed by atoms with Gasteiger partial charge in [0.2, 0.25) is 10.0 Å². The van der Waals surface area contributed by atoms with Crippen LogP contribution in [0.1, 0.15) is 10.4 Å². The number of hydrogen-bond acceptors (Lipinski definition) is 4. The van der Waals surface area contributed by atoms with Crippen LogP contribution in [0.5, 0.6) is 0 Å². The fourth-order valence-electron chi connectivity index (χ4n) is 0.790. The maximum Gasteiger partial charge on any atom is 0.338 e. The third kappa shape index (κ3) is 2.01. The second-order valence-electron chi connectivity index (χ2n) is 2.22. The summed E-state index contributed by atoms with van der Waals surface area (Å²) in [6.45, 7) is 0. The first kappa shape index (κ1) is 9.62. The molecular formula is C6H6N2O4S. The Balaban J connectivity index is 3.46. The van der Waals surface area contributed by atoms with E-state index >= 15 is 0 Å². The van der Waals surface area contributed by atoms with Gasteiger partial charge in [0, 0.05) is 12.4 Å². The summed E-state index contributed by atoms with van der Waals surface area (Å²) in [4.78, 5) is 13.6. The van der Waals surface area contributed by atoms with E-state index in [0.717, 1.165) is 18.5 Å². The highest BCUT2D eigenvalue weighted by Crippen LogP contribution is 2.11. The second kappa shape index (κ2) is 3.11. The molecule has 1 aromatic heterocycles. The number of carboxylic acids is 1. The Kier molecular flexibility index (Phi) is 2.30. The minimum absolute atomic E-state index is 0.426. The molecule has 6 nitrogen and oxygen atoms in total. The molecule has 0 saturated heterocycles. The predicted octanol–water partition coefficient (Wildman–Crippen LogP) is -0.573. The Morgan fingerprint density at radius 1 is 1.54 bits per heavy atom. The van der Waals surface area contributed by atoms with Crippen LogP contribution in [0.4, 0.5) is 0 Å². The van der Waals surface area contributed by atoms with Gasteiger partial charge in [-0.1, -0.05) is 0 Å². The molecule has 13 heavy (non-hydrogen) atoms. The number of nitrogens with two attached hydrogens (primary N) is 1. The standard InChI is InChI=1S/C6H6N2O4S/c7-13(11,12)5-1-2-8-3-4(5)6(9)10/h1-3H,(H,9,10)(H2,7,11,12). The van der Waals surface area contributed by atoms with Crippen molar-refractivity contribution in [2.75, 3.05) is 0 Å². The Morgan fingerprint density at radius 3 is 2.54 bits per heavy atom. The minimum atomic E-state index is -4.00. The van der Waals surface area contributed by atoms with Crippen molar-refractivity contribution in [3.63, 3.8) is 0 Å². The molecule has 0 fully saturated rings. The molecule has 3 N–H and O–H groups in total. The van der Waals surface area contributed by atoms with Crippen LogP contribution in [0.25, 0.3) is 0 Å². The quantitative estimate of drug-likeness (QED) is 0.667. The summed E-state index contributed by atoms with van der Waals surface area (Å²) in [5, 5.41) is 13.3. The van der Waals surface area contributed by atoms with Gasteiger partial charge in [-0.05, 0) is 6.07 Å². The minimum Gasteiger partial charge on any atom is -0.478 e. The molecule has 0 saturated carbocycles. The van der Waals surface area contributed by atoms with E-state index in [1.807, 2.05) is 0 Å². The Hall–Kier alpha value is -1.47. The summed E-state index contributed by atoms with van der Waals surface area (Å²) in [7, 11) is -4.00. The van der Waals surface area contributed by atoms with Gasteiger partial charge in [0.1, 0.15) is 0 Å². The van der Waals surface area contributed by atoms with Crippen LogP contribution in [0.3, 0.4) is 0 Å². The van der Waals surface area contributed by atoms with Crippen LogP contribution < -0.4 is 5.14 Å². The normalized spacial score (nSPS) is 11.2. The van der Waals surface area contributed by atoms with Gasteiger partial charge in [-0.25, -0.2) is 18.4 Å². The van der Waals surface area contributed by atoms with Gasteiger partial charge in [-0.3, -0.25) is 4.98 Å². The molecule has 0 aliphatic rings. The lowest BCUT2D eigenvalue weighted by atomic mass is 10.3. The third-order valence-corrected chi connectivity index (χ3v) is 2.29. The smallest absolute Gasteiger partial charge is 0.338 e. The highest BCUT2D eigenvalue weighted by Gasteiger charge is 2.17. The first-order chi connectivity index (χ1) is 5.93. The van der Waals surface area contributed by atoms with Crippen molar-refractivity contribution >= 4 is 16.0 Å². The van der Waals surface area contributed by atoms with Crippen molar-refractivity contribution in [3.8, 4) is 0 Å². The van der Waals surface area contributed by atoms with Gasteiger partial charge in [-0.2, -0.15) is 0 Å². The fourth-order valence-corrected chi connectivity index (χ4v) is 1.49. The van der Waals surface area contributed by atoms with E-state index in [1.54, 1.807) is 0 Å². The van der Waals surface area contributed by atoms with Crippen LogP contribution in [-0.4, -0.2) is 24.5 Å². The maximum absolute atomic E-state index is 10.8. The van der Waals surface area contributed by atoms with Crippen molar-refractivity contribution in [2.24, 2.45) is 5.14 Å². The molecule has 0 unspecified atom stereocenters. The molecule has 0 aliphatic heterocycles. The number of aromatic nitrogens is 1. The lowest BCUT2D eigenvalue weighted by molar-refractivity contribution is 0.0692. The molecule has 0 aliphatic carbocycles. The molecule has 0 atom stereocenters. The SMILES string of the molecule is NS(=O)(=O)c1ccncc1C(=O)O. The molecular weight excluding hydrogens is 196 g/mol. The van der Waals surface area contributed by atoms with Crippen molar-refractivity contribution in [1.29, 1.82) is 0 Å². The first-order valence-electron chi connectivity index (χ1n) is 3.13. The van der Waals surface area contributed by atoms with E-state index in [-0.39, 0.29) is 0 Å². The van der Waals surface area contributed by atoms with Crippen LogP contribution in [0, 0.1) is 0 Å². The number of aromatic carboxylic acids is 1. The Morgan fingerprint density at radius 2 is 2.15 bits per heavy atom. The molecule has 1 aromatic rings. The van der Waals surface area contributed by atoms with Gasteiger partial charge < -0.3 is 5.11 Å². The molecule has 7 heteroatoms. The highest BCUT2D eigenvalue weighted by atomic mass is 32.2. The number of carbonyl (C=O) groups is 1. The molecule has 0 spiro atoms. The molecule has 1 rings (SSSR count). The largest absolute Gasteiger partial charge is 0.478 e. The van der Waals surface area contributed by atoms with Crippen LogP contribution in [-0.2, 0) is 10.0 Å². The lowest BCUT2D eigenvalue weighted by Gasteiger charge is -2.00. The average molecular weight is 202 g/mol. The van der Waals surface area contributed by atoms with E-state index in [4.69, 9.17) is 10.2 Å². The second-order valence-corrected chi connectivity index (χ2v) is 3.75. The van der Waals surface area contributed by atoms with Crippen molar-refractivity contribution < 1.29 is 18.3 Å². The zero-order valence-corrected chi connectivity index (χ0v) is 7.15. The van der Waals surface area contributed by atoms with Gasteiger partial charge in [0.15, 0.2) is 0 Å². The Labute approximate surface area is 74.1 Å². The number of nitrogens with zero attached hydrogens (tertiary/aromatic N) is 1. The molecule has 0 radical (unpaired) electrons. The molecule has 0 amide bonds. The van der Waals surface area contributed by atoms with Crippen molar-refractivity contribution in [1.82, 2.24) is 4.98 Å². The summed E-state index contributed by atoms with van der Waals surface area (Å²) in [5.74, 6) is -1.38. The monoisotopic (exact) mass is 202 g/mol. The number of carboxylic acid groups (broad SMARTS) is 1. The summed E-state index contributed by atoms with van der Waals surface area (Å²) in [5.41, 5.74) is -0.426. The topological polar surface area (TPSA) is 110 Å². The molecule has 0 aromatic carbocycles. The predicted molar refractivity (Wildman–Crippen MR) is 42.6 cm³/mol. The third-order valence-electron chi connectivity index (χ3n) is 1.32. The van der Waals surface area contributed by atoms with Gasteiger partial charge >= 0.3 is 5.97 Å². The number of rotatable bonds is 2. The zero-order chi connectivity index (χ0) is 10.1. The number of hydrogen-bond donors (Lipinski definition) is 2. The Bertz CT molecular complexity index is 440. The average Bonchev–Trinajstić information content (AvgIpc) is 2.03. The van der Waals surface area contributed by atoms with E-state index in [0.29, 0.717) is 0 Å². The first-order valence-corrected chi connectivity index (χ1v) is 4.67. The highest BCUT2D eigenvalue weighted by molar-refractivity contribution is 7.89. The summed E-state index contributed by atoms with van der Waals surface area (Å²) in [6.07, 6.45) is 2.09. The van der Waals surface area contributed by atoms with E-state index in [2.05, 4.69) is 4.98 Å². The van der Waals surface area contributed by atoms with E-state index in [1.165, 1.54) is 0 Å². The van der Waals surface area contributed by atoms with Crippen molar-refractivity contribution in [2.45, 2.75) is 4.90 Å². The van der Waals surface area contributed by atoms with Crippen LogP contribution in [0.15, 0.2) is 23.4 Å². The fraction of sp³-hybridized carbons (Fsp3) is 0. The summed E-state index contributed by atoms with van der Waals surface area (Å²) < 4.78 is 21.7. The van der Waals surface area contributed by atoms with Gasteiger partial charge in [-0.15, -0.1) is 0 Å².